The van der Waals surface area contributed by atoms with Gasteiger partial charge >= 0.3 is 0 Å². The van der Waals surface area contributed by atoms with E-state index in [1.165, 1.54) is 6.08 Å². The standard InChI is InChI=1S/C12H10N2O/c15-9-3-7-14-8-6-13-12-5-2-1-4-11(12)10-14/h1-10H. The zero-order chi connectivity index (χ0) is 10.5. The third-order valence-electron chi connectivity index (χ3n) is 2.01. The van der Waals surface area contributed by atoms with Crippen LogP contribution < -0.4 is 10.6 Å². The van der Waals surface area contributed by atoms with E-state index in [9.17, 15) is 4.79 Å². The maximum atomic E-state index is 10.2. The molecule has 0 saturated carbocycles. The van der Waals surface area contributed by atoms with E-state index in [0.717, 1.165) is 16.9 Å². The minimum Gasteiger partial charge on any atom is -0.328 e. The van der Waals surface area contributed by atoms with Crippen LogP contribution in [0.5, 0.6) is 0 Å². The molecule has 0 spiro atoms. The summed E-state index contributed by atoms with van der Waals surface area (Å²) in [4.78, 5) is 16.3. The number of nitrogens with zero attached hydrogens (tertiary/aromatic N) is 2. The molecule has 1 aliphatic heterocycles. The van der Waals surface area contributed by atoms with Crippen LogP contribution in [0, 0.1) is 0 Å². The molecule has 15 heavy (non-hydrogen) atoms. The highest BCUT2D eigenvalue weighted by Gasteiger charge is 1.93. The maximum absolute atomic E-state index is 10.2. The second-order valence-corrected chi connectivity index (χ2v) is 3.04. The number of benzene rings is 1. The van der Waals surface area contributed by atoms with Gasteiger partial charge in [-0.2, -0.15) is 0 Å². The Bertz CT molecular complexity index is 529. The van der Waals surface area contributed by atoms with Gasteiger partial charge in [0.2, 0.25) is 0 Å². The van der Waals surface area contributed by atoms with Crippen molar-refractivity contribution in [2.24, 2.45) is 4.99 Å². The van der Waals surface area contributed by atoms with Crippen LogP contribution in [-0.2, 0) is 4.79 Å². The molecule has 0 radical (unpaired) electrons. The lowest BCUT2D eigenvalue weighted by Gasteiger charge is -2.05. The Morgan fingerprint density at radius 2 is 2.13 bits per heavy atom. The molecule has 3 nitrogen and oxygen atoms in total. The second kappa shape index (κ2) is 4.37. The molecule has 3 heteroatoms. The maximum Gasteiger partial charge on any atom is 0.144 e. The summed E-state index contributed by atoms with van der Waals surface area (Å²) < 4.78 is 0. The summed E-state index contributed by atoms with van der Waals surface area (Å²) in [5, 5.41) is 1.95. The summed E-state index contributed by atoms with van der Waals surface area (Å²) in [7, 11) is 0. The molecular weight excluding hydrogens is 188 g/mol. The zero-order valence-corrected chi connectivity index (χ0v) is 8.08. The average Bonchev–Trinajstić information content (AvgIpc) is 2.47. The van der Waals surface area contributed by atoms with Crippen molar-refractivity contribution in [2.75, 3.05) is 0 Å². The van der Waals surface area contributed by atoms with Crippen molar-refractivity contribution in [1.29, 1.82) is 0 Å². The van der Waals surface area contributed by atoms with Gasteiger partial charge in [0.1, 0.15) is 6.29 Å². The Morgan fingerprint density at radius 3 is 3.00 bits per heavy atom. The molecule has 0 amide bonds. The van der Waals surface area contributed by atoms with Crippen LogP contribution >= 0.6 is 0 Å². The SMILES string of the molecule is O=CC=CN1C=CN=c2ccccc2=C1. The van der Waals surface area contributed by atoms with Crippen molar-refractivity contribution in [3.8, 4) is 0 Å². The van der Waals surface area contributed by atoms with Crippen LogP contribution in [0.25, 0.3) is 6.20 Å². The normalized spacial score (nSPS) is 14.0. The van der Waals surface area contributed by atoms with Gasteiger partial charge in [-0.05, 0) is 12.1 Å². The molecule has 0 N–H and O–H groups in total. The van der Waals surface area contributed by atoms with Gasteiger partial charge < -0.3 is 4.90 Å². The lowest BCUT2D eigenvalue weighted by Crippen LogP contribution is -2.24. The van der Waals surface area contributed by atoms with Crippen LogP contribution in [0.15, 0.2) is 53.9 Å². The van der Waals surface area contributed by atoms with E-state index in [1.54, 1.807) is 23.5 Å². The van der Waals surface area contributed by atoms with Crippen molar-refractivity contribution in [2.45, 2.75) is 0 Å². The topological polar surface area (TPSA) is 32.7 Å². The molecule has 0 bridgehead atoms. The number of fused-ring (bicyclic) bond motifs is 1. The molecular formula is C12H10N2O. The fourth-order valence-electron chi connectivity index (χ4n) is 1.34. The molecule has 0 fully saturated rings. The number of allylic oxidation sites excluding steroid dienone is 1. The molecule has 1 aromatic rings. The average molecular weight is 198 g/mol. The Labute approximate surface area is 87.4 Å². The van der Waals surface area contributed by atoms with Crippen LogP contribution in [-0.4, -0.2) is 11.2 Å². The molecule has 0 aromatic heterocycles. The van der Waals surface area contributed by atoms with E-state index >= 15 is 0 Å². The Balaban J connectivity index is 2.48. The van der Waals surface area contributed by atoms with E-state index in [0.29, 0.717) is 0 Å². The molecule has 74 valence electrons. The first-order chi connectivity index (χ1) is 7.40. The summed E-state index contributed by atoms with van der Waals surface area (Å²) in [5.74, 6) is 0. The van der Waals surface area contributed by atoms with Crippen molar-refractivity contribution in [1.82, 2.24) is 4.90 Å². The quantitative estimate of drug-likeness (QED) is 0.513. The predicted molar refractivity (Wildman–Crippen MR) is 57.9 cm³/mol. The zero-order valence-electron chi connectivity index (χ0n) is 8.08. The highest BCUT2D eigenvalue weighted by Crippen LogP contribution is 1.94. The Morgan fingerprint density at radius 1 is 1.27 bits per heavy atom. The van der Waals surface area contributed by atoms with Crippen LogP contribution in [0.1, 0.15) is 0 Å². The largest absolute Gasteiger partial charge is 0.328 e. The number of rotatable bonds is 2. The summed E-state index contributed by atoms with van der Waals surface area (Å²) in [6, 6.07) is 7.83. The number of hydrogen-bond acceptors (Lipinski definition) is 3. The minimum atomic E-state index is 0.746. The third kappa shape index (κ3) is 2.20. The van der Waals surface area contributed by atoms with E-state index in [4.69, 9.17) is 0 Å². The van der Waals surface area contributed by atoms with Crippen LogP contribution in [0.3, 0.4) is 0 Å². The van der Waals surface area contributed by atoms with E-state index < -0.39 is 0 Å². The molecule has 0 aliphatic carbocycles. The Hall–Kier alpha value is -2.16. The number of carbonyl (C=O) groups excluding carboxylic acids is 1. The lowest BCUT2D eigenvalue weighted by molar-refractivity contribution is -0.104. The first-order valence-corrected chi connectivity index (χ1v) is 4.61. The monoisotopic (exact) mass is 198 g/mol. The van der Waals surface area contributed by atoms with E-state index in [1.807, 2.05) is 30.5 Å². The van der Waals surface area contributed by atoms with Gasteiger partial charge in [-0.1, -0.05) is 18.2 Å². The first-order valence-electron chi connectivity index (χ1n) is 4.61. The molecule has 0 atom stereocenters. The number of hydrogen-bond donors (Lipinski definition) is 0. The fraction of sp³-hybridized carbons (Fsp3) is 0. The summed E-state index contributed by atoms with van der Waals surface area (Å²) in [6.45, 7) is 0. The van der Waals surface area contributed by atoms with Crippen molar-refractivity contribution in [3.63, 3.8) is 0 Å². The van der Waals surface area contributed by atoms with Crippen molar-refractivity contribution >= 4 is 12.5 Å². The molecule has 0 unspecified atom stereocenters. The first kappa shape index (κ1) is 9.40. The van der Waals surface area contributed by atoms with Gasteiger partial charge in [0.25, 0.3) is 0 Å². The highest BCUT2D eigenvalue weighted by molar-refractivity contribution is 5.64. The van der Waals surface area contributed by atoms with E-state index in [-0.39, 0.29) is 0 Å². The molecule has 1 aliphatic rings. The van der Waals surface area contributed by atoms with Gasteiger partial charge in [0.05, 0.1) is 5.36 Å². The minimum absolute atomic E-state index is 0.746. The molecule has 1 aromatic carbocycles. The summed E-state index contributed by atoms with van der Waals surface area (Å²) in [5.41, 5.74) is 0. The van der Waals surface area contributed by atoms with Crippen molar-refractivity contribution in [3.05, 3.63) is 59.5 Å². The fourth-order valence-corrected chi connectivity index (χ4v) is 1.34. The van der Waals surface area contributed by atoms with Gasteiger partial charge in [-0.3, -0.25) is 9.79 Å². The highest BCUT2D eigenvalue weighted by atomic mass is 16.1. The number of aldehydes is 1. The van der Waals surface area contributed by atoms with Crippen molar-refractivity contribution < 1.29 is 4.79 Å². The molecule has 0 saturated heterocycles. The smallest absolute Gasteiger partial charge is 0.144 e. The van der Waals surface area contributed by atoms with Crippen LogP contribution in [0.4, 0.5) is 0 Å². The number of para-hydroxylation sites is 1. The Kier molecular flexibility index (Phi) is 2.74. The third-order valence-corrected chi connectivity index (χ3v) is 2.01. The van der Waals surface area contributed by atoms with Crippen LogP contribution in [0.2, 0.25) is 0 Å². The number of carbonyl (C=O) groups is 1. The lowest BCUT2D eigenvalue weighted by atomic mass is 10.3. The summed E-state index contributed by atoms with van der Waals surface area (Å²) >= 11 is 0. The second-order valence-electron chi connectivity index (χ2n) is 3.04. The van der Waals surface area contributed by atoms with Gasteiger partial charge in [0, 0.05) is 30.0 Å². The van der Waals surface area contributed by atoms with Gasteiger partial charge in [-0.15, -0.1) is 0 Å². The van der Waals surface area contributed by atoms with Gasteiger partial charge in [0.15, 0.2) is 0 Å². The molecule has 2 rings (SSSR count). The summed E-state index contributed by atoms with van der Waals surface area (Å²) in [6.07, 6.45) is 9.28. The predicted octanol–water partition coefficient (Wildman–Crippen LogP) is 0.544. The van der Waals surface area contributed by atoms with E-state index in [2.05, 4.69) is 4.99 Å². The molecule has 1 heterocycles. The van der Waals surface area contributed by atoms with Gasteiger partial charge in [-0.25, -0.2) is 0 Å².